The molecule has 0 amide bonds. The lowest BCUT2D eigenvalue weighted by atomic mass is 9.75. The van der Waals surface area contributed by atoms with Gasteiger partial charge in [0.25, 0.3) is 0 Å². The Hall–Kier alpha value is -5.12. The van der Waals surface area contributed by atoms with Gasteiger partial charge in [-0.2, -0.15) is 0 Å². The van der Waals surface area contributed by atoms with Gasteiger partial charge in [-0.25, -0.2) is 0 Å². The molecule has 230 valence electrons. The molecule has 0 radical (unpaired) electrons. The quantitative estimate of drug-likeness (QED) is 0.119. The second kappa shape index (κ2) is 13.7. The largest absolute Gasteiger partial charge is 0.256 e. The van der Waals surface area contributed by atoms with Gasteiger partial charge in [-0.3, -0.25) is 9.98 Å². The van der Waals surface area contributed by atoms with Gasteiger partial charge in [0.1, 0.15) is 0 Å². The molecule has 3 heteroatoms. The summed E-state index contributed by atoms with van der Waals surface area (Å²) < 4.78 is 0. The predicted octanol–water partition coefficient (Wildman–Crippen LogP) is 11.4. The Labute approximate surface area is 280 Å². The van der Waals surface area contributed by atoms with Crippen LogP contribution in [0.25, 0.3) is 0 Å². The summed E-state index contributed by atoms with van der Waals surface area (Å²) in [5.41, 5.74) is 10.8. The van der Waals surface area contributed by atoms with E-state index in [1.54, 1.807) is 0 Å². The molecule has 1 heterocycles. The fraction of sp³-hybridized carbons (Fsp3) is 0.136. The zero-order valence-corrected chi connectivity index (χ0v) is 28.0. The van der Waals surface area contributed by atoms with Crippen molar-refractivity contribution in [2.24, 2.45) is 9.98 Å². The standard InChI is InChI=1S/C44H40N2Si/c1-47(2)43(37-27-23-33(24-28-37)31-45-39-19-11-5-12-20-39)41(35-15-7-3-8-16-35)42(36-17-9-4-10-18-36)44(47)38-29-25-34(26-30-38)32-46-40-21-13-6-14-22-40/h3-32,41-44H,1-2H3/b45-31+,46-32+. The van der Waals surface area contributed by atoms with Gasteiger partial charge in [-0.15, -0.1) is 0 Å². The summed E-state index contributed by atoms with van der Waals surface area (Å²) in [4.78, 5) is 9.42. The Morgan fingerprint density at radius 3 is 1.04 bits per heavy atom. The first-order valence-corrected chi connectivity index (χ1v) is 19.7. The highest BCUT2D eigenvalue weighted by atomic mass is 28.3. The number of aliphatic imine (C=N–C) groups is 2. The van der Waals surface area contributed by atoms with Gasteiger partial charge in [-0.05, 0) is 80.6 Å². The van der Waals surface area contributed by atoms with Crippen LogP contribution in [0.15, 0.2) is 180 Å². The van der Waals surface area contributed by atoms with E-state index in [4.69, 9.17) is 9.98 Å². The number of para-hydroxylation sites is 2. The second-order valence-corrected chi connectivity index (χ2v) is 18.1. The molecule has 0 spiro atoms. The Morgan fingerprint density at radius 1 is 0.383 bits per heavy atom. The summed E-state index contributed by atoms with van der Waals surface area (Å²) in [5, 5.41) is 0. The third-order valence-corrected chi connectivity index (χ3v) is 14.5. The van der Waals surface area contributed by atoms with Crippen LogP contribution in [0.2, 0.25) is 13.1 Å². The van der Waals surface area contributed by atoms with Gasteiger partial charge < -0.3 is 0 Å². The molecule has 0 aromatic heterocycles. The van der Waals surface area contributed by atoms with Crippen molar-refractivity contribution in [1.29, 1.82) is 0 Å². The SMILES string of the molecule is C[Si]1(C)C(c2ccc(/C=N/c3ccccc3)cc2)C(c2ccccc2)C(c2ccccc2)C1c1ccc(/C=N/c2ccccc2)cc1. The van der Waals surface area contributed by atoms with Gasteiger partial charge in [-0.1, -0.05) is 159 Å². The molecule has 4 atom stereocenters. The minimum absolute atomic E-state index is 0.355. The fourth-order valence-electron chi connectivity index (χ4n) is 7.86. The first-order valence-electron chi connectivity index (χ1n) is 16.6. The van der Waals surface area contributed by atoms with Gasteiger partial charge in [0.2, 0.25) is 0 Å². The van der Waals surface area contributed by atoms with Gasteiger partial charge >= 0.3 is 0 Å². The van der Waals surface area contributed by atoms with Crippen LogP contribution >= 0.6 is 0 Å². The minimum atomic E-state index is -2.02. The summed E-state index contributed by atoms with van der Waals surface area (Å²) in [6.45, 7) is 5.24. The molecule has 1 aliphatic heterocycles. The van der Waals surface area contributed by atoms with Gasteiger partial charge in [0.05, 0.1) is 19.4 Å². The molecule has 1 saturated heterocycles. The number of hydrogen-bond acceptors (Lipinski definition) is 2. The molecule has 7 rings (SSSR count). The average molecular weight is 625 g/mol. The van der Waals surface area contributed by atoms with Gasteiger partial charge in [0.15, 0.2) is 0 Å². The van der Waals surface area contributed by atoms with E-state index in [0.29, 0.717) is 22.9 Å². The Bertz CT molecular complexity index is 1790. The topological polar surface area (TPSA) is 24.7 Å². The third kappa shape index (κ3) is 6.58. The predicted molar refractivity (Wildman–Crippen MR) is 202 cm³/mol. The molecule has 6 aromatic carbocycles. The maximum Gasteiger partial charge on any atom is 0.0643 e. The van der Waals surface area contributed by atoms with Crippen LogP contribution < -0.4 is 0 Å². The minimum Gasteiger partial charge on any atom is -0.256 e. The smallest absolute Gasteiger partial charge is 0.0643 e. The Balaban J connectivity index is 1.30. The monoisotopic (exact) mass is 624 g/mol. The molecular weight excluding hydrogens is 585 g/mol. The lowest BCUT2D eigenvalue weighted by molar-refractivity contribution is 0.553. The normalized spacial score (nSPS) is 20.6. The molecule has 1 fully saturated rings. The van der Waals surface area contributed by atoms with Crippen LogP contribution in [0.3, 0.4) is 0 Å². The maximum absolute atomic E-state index is 4.71. The fourth-order valence-corrected chi connectivity index (χ4v) is 13.0. The van der Waals surface area contributed by atoms with E-state index in [1.807, 2.05) is 73.1 Å². The van der Waals surface area contributed by atoms with Crippen LogP contribution in [0.5, 0.6) is 0 Å². The highest BCUT2D eigenvalue weighted by Gasteiger charge is 2.57. The van der Waals surface area contributed by atoms with E-state index in [0.717, 1.165) is 22.5 Å². The van der Waals surface area contributed by atoms with Crippen molar-refractivity contribution in [3.8, 4) is 0 Å². The maximum atomic E-state index is 4.71. The van der Waals surface area contributed by atoms with E-state index >= 15 is 0 Å². The summed E-state index contributed by atoms with van der Waals surface area (Å²) in [6, 6.07) is 61.3. The van der Waals surface area contributed by atoms with E-state index in [-0.39, 0.29) is 0 Å². The number of hydrogen-bond donors (Lipinski definition) is 0. The highest BCUT2D eigenvalue weighted by molar-refractivity contribution is 6.81. The molecule has 0 N–H and O–H groups in total. The molecule has 1 aliphatic rings. The summed E-state index contributed by atoms with van der Waals surface area (Å²) >= 11 is 0. The summed E-state index contributed by atoms with van der Waals surface area (Å²) in [5.74, 6) is 0.710. The number of nitrogens with zero attached hydrogens (tertiary/aromatic N) is 2. The van der Waals surface area contributed by atoms with E-state index in [2.05, 4.69) is 122 Å². The van der Waals surface area contributed by atoms with Crippen molar-refractivity contribution < 1.29 is 0 Å². The Kier molecular flexibility index (Phi) is 8.90. The lowest BCUT2D eigenvalue weighted by Crippen LogP contribution is -2.38. The molecule has 0 saturated carbocycles. The third-order valence-electron chi connectivity index (χ3n) is 9.91. The van der Waals surface area contributed by atoms with E-state index in [9.17, 15) is 0 Å². The van der Waals surface area contributed by atoms with Crippen molar-refractivity contribution in [2.75, 3.05) is 0 Å². The molecule has 4 unspecified atom stereocenters. The molecule has 6 aromatic rings. The van der Waals surface area contributed by atoms with Crippen LogP contribution in [0.4, 0.5) is 11.4 Å². The van der Waals surface area contributed by atoms with Crippen LogP contribution in [0.1, 0.15) is 56.3 Å². The van der Waals surface area contributed by atoms with Crippen LogP contribution in [0, 0.1) is 0 Å². The van der Waals surface area contributed by atoms with E-state index < -0.39 is 8.07 Å². The second-order valence-electron chi connectivity index (χ2n) is 13.2. The first-order chi connectivity index (χ1) is 23.1. The molecular formula is C44H40N2Si. The zero-order valence-electron chi connectivity index (χ0n) is 27.0. The first kappa shape index (κ1) is 30.5. The molecule has 0 aliphatic carbocycles. The molecule has 47 heavy (non-hydrogen) atoms. The highest BCUT2D eigenvalue weighted by Crippen LogP contribution is 2.63. The lowest BCUT2D eigenvalue weighted by Gasteiger charge is -2.34. The summed E-state index contributed by atoms with van der Waals surface area (Å²) in [6.07, 6.45) is 3.95. The molecule has 0 bridgehead atoms. The summed E-state index contributed by atoms with van der Waals surface area (Å²) in [7, 11) is -2.02. The van der Waals surface area contributed by atoms with Crippen molar-refractivity contribution in [3.05, 3.63) is 203 Å². The van der Waals surface area contributed by atoms with Gasteiger partial charge in [0, 0.05) is 12.4 Å². The van der Waals surface area contributed by atoms with Crippen LogP contribution in [-0.4, -0.2) is 20.5 Å². The van der Waals surface area contributed by atoms with E-state index in [1.165, 1.54) is 22.3 Å². The van der Waals surface area contributed by atoms with Crippen molar-refractivity contribution >= 4 is 31.9 Å². The molecule has 2 nitrogen and oxygen atoms in total. The van der Waals surface area contributed by atoms with Crippen molar-refractivity contribution in [2.45, 2.75) is 36.0 Å². The average Bonchev–Trinajstić information content (AvgIpc) is 3.38. The van der Waals surface area contributed by atoms with Crippen LogP contribution in [-0.2, 0) is 0 Å². The van der Waals surface area contributed by atoms with Crippen molar-refractivity contribution in [1.82, 2.24) is 0 Å². The zero-order chi connectivity index (χ0) is 32.1. The van der Waals surface area contributed by atoms with Crippen molar-refractivity contribution in [3.63, 3.8) is 0 Å². The Morgan fingerprint density at radius 2 is 0.702 bits per heavy atom. The number of benzene rings is 6. The number of rotatable bonds is 8.